The fourth-order valence-corrected chi connectivity index (χ4v) is 1.67. The molecule has 0 aliphatic carbocycles. The van der Waals surface area contributed by atoms with Crippen LogP contribution in [-0.4, -0.2) is 47.3 Å². The summed E-state index contributed by atoms with van der Waals surface area (Å²) in [6, 6.07) is 1.75. The highest BCUT2D eigenvalue weighted by Gasteiger charge is 2.16. The lowest BCUT2D eigenvalue weighted by Gasteiger charge is -2.16. The highest BCUT2D eigenvalue weighted by Crippen LogP contribution is 2.06. The van der Waals surface area contributed by atoms with E-state index in [2.05, 4.69) is 9.84 Å². The molecule has 0 saturated heterocycles. The van der Waals surface area contributed by atoms with Crippen LogP contribution in [0.3, 0.4) is 0 Å². The van der Waals surface area contributed by atoms with Gasteiger partial charge in [0.1, 0.15) is 5.69 Å². The average molecular weight is 253 g/mol. The molecule has 1 amide bonds. The molecule has 6 heteroatoms. The molecule has 0 atom stereocenters. The summed E-state index contributed by atoms with van der Waals surface area (Å²) in [7, 11) is 4.81. The monoisotopic (exact) mass is 253 g/mol. The van der Waals surface area contributed by atoms with Gasteiger partial charge in [-0.2, -0.15) is 5.10 Å². The summed E-state index contributed by atoms with van der Waals surface area (Å²) < 4.78 is 6.11. The van der Waals surface area contributed by atoms with Crippen LogP contribution >= 0.6 is 0 Å². The molecule has 0 radical (unpaired) electrons. The Labute approximate surface area is 107 Å². The molecule has 0 aliphatic heterocycles. The molecule has 0 aromatic carbocycles. The lowest BCUT2D eigenvalue weighted by molar-refractivity contribution is -0.140. The molecule has 1 heterocycles. The molecular formula is C12H19N3O3. The van der Waals surface area contributed by atoms with Crippen LogP contribution in [0, 0.1) is 6.92 Å². The number of aromatic nitrogens is 2. The minimum Gasteiger partial charge on any atom is -0.469 e. The summed E-state index contributed by atoms with van der Waals surface area (Å²) in [4.78, 5) is 24.6. The van der Waals surface area contributed by atoms with Gasteiger partial charge in [-0.15, -0.1) is 0 Å². The van der Waals surface area contributed by atoms with Crippen molar-refractivity contribution in [2.75, 3.05) is 20.7 Å². The van der Waals surface area contributed by atoms with Crippen molar-refractivity contribution in [3.05, 3.63) is 17.5 Å². The number of rotatable bonds is 5. The average Bonchev–Trinajstić information content (AvgIpc) is 2.67. The topological polar surface area (TPSA) is 64.4 Å². The van der Waals surface area contributed by atoms with Gasteiger partial charge in [-0.3, -0.25) is 14.3 Å². The summed E-state index contributed by atoms with van der Waals surface area (Å²) in [5, 5.41) is 4.13. The van der Waals surface area contributed by atoms with E-state index in [1.54, 1.807) is 29.7 Å². The predicted molar refractivity (Wildman–Crippen MR) is 66.2 cm³/mol. The predicted octanol–water partition coefficient (Wildman–Crippen LogP) is 0.754. The molecule has 0 spiro atoms. The van der Waals surface area contributed by atoms with E-state index in [4.69, 9.17) is 0 Å². The molecule has 0 fully saturated rings. The van der Waals surface area contributed by atoms with Crippen LogP contribution in [0.25, 0.3) is 0 Å². The summed E-state index contributed by atoms with van der Waals surface area (Å²) in [6.07, 6.45) is 0.907. The van der Waals surface area contributed by atoms with Gasteiger partial charge in [0.25, 0.3) is 5.91 Å². The number of hydrogen-bond acceptors (Lipinski definition) is 4. The Bertz CT molecular complexity index is 440. The number of nitrogens with zero attached hydrogens (tertiary/aromatic N) is 3. The van der Waals surface area contributed by atoms with E-state index in [0.717, 1.165) is 5.69 Å². The second kappa shape index (κ2) is 6.18. The normalized spacial score (nSPS) is 10.2. The van der Waals surface area contributed by atoms with E-state index < -0.39 is 0 Å². The Morgan fingerprint density at radius 3 is 2.67 bits per heavy atom. The maximum Gasteiger partial charge on any atom is 0.305 e. The van der Waals surface area contributed by atoms with Crippen LogP contribution in [0.4, 0.5) is 0 Å². The molecule has 6 nitrogen and oxygen atoms in total. The highest BCUT2D eigenvalue weighted by atomic mass is 16.5. The molecule has 100 valence electrons. The van der Waals surface area contributed by atoms with Gasteiger partial charge in [-0.25, -0.2) is 0 Å². The van der Waals surface area contributed by atoms with Crippen LogP contribution in [0.1, 0.15) is 29.0 Å². The van der Waals surface area contributed by atoms with Crippen LogP contribution in [-0.2, 0) is 16.6 Å². The summed E-state index contributed by atoms with van der Waals surface area (Å²) in [5.74, 6) is -0.352. The van der Waals surface area contributed by atoms with Gasteiger partial charge in [0.2, 0.25) is 0 Å². The maximum atomic E-state index is 12.1. The largest absolute Gasteiger partial charge is 0.469 e. The Morgan fingerprint density at radius 2 is 2.17 bits per heavy atom. The third kappa shape index (κ3) is 3.58. The number of hydrogen-bond donors (Lipinski definition) is 0. The van der Waals surface area contributed by atoms with Crippen molar-refractivity contribution in [2.24, 2.45) is 7.05 Å². The Balaban J connectivity index is 2.51. The van der Waals surface area contributed by atoms with Crippen molar-refractivity contribution >= 4 is 11.9 Å². The van der Waals surface area contributed by atoms with E-state index in [1.807, 2.05) is 6.92 Å². The SMILES string of the molecule is COC(=O)CCCN(C)C(=O)c1cc(C)nn1C. The lowest BCUT2D eigenvalue weighted by Crippen LogP contribution is -2.29. The van der Waals surface area contributed by atoms with E-state index in [1.165, 1.54) is 7.11 Å². The zero-order valence-electron chi connectivity index (χ0n) is 11.3. The molecule has 1 aromatic rings. The first-order chi connectivity index (χ1) is 8.45. The number of amides is 1. The van der Waals surface area contributed by atoms with Crippen LogP contribution in [0.5, 0.6) is 0 Å². The summed E-state index contributed by atoms with van der Waals surface area (Å²) in [6.45, 7) is 2.35. The number of carbonyl (C=O) groups excluding carboxylic acids is 2. The first kappa shape index (κ1) is 14.2. The molecule has 0 bridgehead atoms. The molecule has 0 unspecified atom stereocenters. The number of ether oxygens (including phenoxy) is 1. The van der Waals surface area contributed by atoms with Crippen molar-refractivity contribution in [1.82, 2.24) is 14.7 Å². The fourth-order valence-electron chi connectivity index (χ4n) is 1.67. The third-order valence-electron chi connectivity index (χ3n) is 2.67. The van der Waals surface area contributed by atoms with Crippen molar-refractivity contribution in [1.29, 1.82) is 0 Å². The zero-order valence-corrected chi connectivity index (χ0v) is 11.3. The number of aryl methyl sites for hydroxylation is 2. The fraction of sp³-hybridized carbons (Fsp3) is 0.583. The van der Waals surface area contributed by atoms with E-state index in [0.29, 0.717) is 25.1 Å². The number of carbonyl (C=O) groups is 2. The van der Waals surface area contributed by atoms with E-state index in [-0.39, 0.29) is 11.9 Å². The summed E-state index contributed by atoms with van der Waals surface area (Å²) in [5.41, 5.74) is 1.36. The second-order valence-electron chi connectivity index (χ2n) is 4.20. The van der Waals surface area contributed by atoms with Crippen molar-refractivity contribution in [2.45, 2.75) is 19.8 Å². The molecule has 0 aliphatic rings. The van der Waals surface area contributed by atoms with Gasteiger partial charge in [0.15, 0.2) is 0 Å². The van der Waals surface area contributed by atoms with E-state index in [9.17, 15) is 9.59 Å². The molecule has 18 heavy (non-hydrogen) atoms. The highest BCUT2D eigenvalue weighted by molar-refractivity contribution is 5.92. The Hall–Kier alpha value is -1.85. The molecular weight excluding hydrogens is 234 g/mol. The molecule has 0 saturated carbocycles. The van der Waals surface area contributed by atoms with Gasteiger partial charge >= 0.3 is 5.97 Å². The zero-order chi connectivity index (χ0) is 13.7. The first-order valence-corrected chi connectivity index (χ1v) is 5.78. The van der Waals surface area contributed by atoms with E-state index >= 15 is 0 Å². The smallest absolute Gasteiger partial charge is 0.305 e. The Kier molecular flexibility index (Phi) is 4.88. The molecule has 1 aromatic heterocycles. The quantitative estimate of drug-likeness (QED) is 0.726. The van der Waals surface area contributed by atoms with Gasteiger partial charge < -0.3 is 9.64 Å². The van der Waals surface area contributed by atoms with Crippen LogP contribution < -0.4 is 0 Å². The van der Waals surface area contributed by atoms with Gasteiger partial charge in [0, 0.05) is 27.1 Å². The van der Waals surface area contributed by atoms with Crippen molar-refractivity contribution in [3.63, 3.8) is 0 Å². The van der Waals surface area contributed by atoms with Gasteiger partial charge in [0.05, 0.1) is 12.8 Å². The lowest BCUT2D eigenvalue weighted by atomic mass is 10.2. The maximum absolute atomic E-state index is 12.1. The standard InChI is InChI=1S/C12H19N3O3/c1-9-8-10(15(3)13-9)12(17)14(2)7-5-6-11(16)18-4/h8H,5-7H2,1-4H3. The second-order valence-corrected chi connectivity index (χ2v) is 4.20. The number of methoxy groups -OCH3 is 1. The molecule has 0 N–H and O–H groups in total. The Morgan fingerprint density at radius 1 is 1.50 bits per heavy atom. The van der Waals surface area contributed by atoms with Crippen molar-refractivity contribution in [3.8, 4) is 0 Å². The minimum atomic E-state index is -0.257. The number of esters is 1. The van der Waals surface area contributed by atoms with Crippen molar-refractivity contribution < 1.29 is 14.3 Å². The molecule has 1 rings (SSSR count). The van der Waals surface area contributed by atoms with Crippen LogP contribution in [0.15, 0.2) is 6.07 Å². The first-order valence-electron chi connectivity index (χ1n) is 5.78. The van der Waals surface area contributed by atoms with Gasteiger partial charge in [-0.1, -0.05) is 0 Å². The van der Waals surface area contributed by atoms with Gasteiger partial charge in [-0.05, 0) is 19.4 Å². The minimum absolute atomic E-state index is 0.0945. The van der Waals surface area contributed by atoms with Crippen LogP contribution in [0.2, 0.25) is 0 Å². The third-order valence-corrected chi connectivity index (χ3v) is 2.67. The summed E-state index contributed by atoms with van der Waals surface area (Å²) >= 11 is 0.